The van der Waals surface area contributed by atoms with Crippen molar-refractivity contribution in [2.45, 2.75) is 32.7 Å². The monoisotopic (exact) mass is 226 g/mol. The zero-order valence-electron chi connectivity index (χ0n) is 9.95. The average molecular weight is 226 g/mol. The van der Waals surface area contributed by atoms with E-state index in [1.165, 1.54) is 7.11 Å². The Bertz CT molecular complexity index is 312. The van der Waals surface area contributed by atoms with Crippen LogP contribution in [0.5, 0.6) is 0 Å². The summed E-state index contributed by atoms with van der Waals surface area (Å²) >= 11 is 0. The summed E-state index contributed by atoms with van der Waals surface area (Å²) in [7, 11) is 1.39. The SMILES string of the molecule is C/C=C(\C)C(=O)N1CCC[C@H]1C(=O)NOC. The van der Waals surface area contributed by atoms with E-state index in [1.807, 2.05) is 6.92 Å². The Balaban J connectivity index is 2.72. The van der Waals surface area contributed by atoms with Gasteiger partial charge in [-0.3, -0.25) is 14.4 Å². The van der Waals surface area contributed by atoms with Crippen molar-refractivity contribution in [1.29, 1.82) is 0 Å². The summed E-state index contributed by atoms with van der Waals surface area (Å²) in [6.45, 7) is 4.20. The van der Waals surface area contributed by atoms with Gasteiger partial charge in [-0.25, -0.2) is 5.48 Å². The van der Waals surface area contributed by atoms with E-state index in [0.717, 1.165) is 6.42 Å². The van der Waals surface area contributed by atoms with Crippen LogP contribution in [-0.4, -0.2) is 36.4 Å². The zero-order valence-corrected chi connectivity index (χ0v) is 9.95. The van der Waals surface area contributed by atoms with Crippen molar-refractivity contribution in [3.05, 3.63) is 11.6 Å². The van der Waals surface area contributed by atoms with Gasteiger partial charge in [0.25, 0.3) is 5.91 Å². The summed E-state index contributed by atoms with van der Waals surface area (Å²) < 4.78 is 0. The third-order valence-corrected chi connectivity index (χ3v) is 2.79. The molecule has 90 valence electrons. The smallest absolute Gasteiger partial charge is 0.266 e. The van der Waals surface area contributed by atoms with E-state index in [0.29, 0.717) is 18.5 Å². The fourth-order valence-corrected chi connectivity index (χ4v) is 1.80. The van der Waals surface area contributed by atoms with Crippen LogP contribution in [-0.2, 0) is 14.4 Å². The minimum Gasteiger partial charge on any atom is -0.327 e. The van der Waals surface area contributed by atoms with Gasteiger partial charge in [-0.15, -0.1) is 0 Å². The Hall–Kier alpha value is -1.36. The molecular weight excluding hydrogens is 208 g/mol. The predicted octanol–water partition coefficient (Wildman–Crippen LogP) is 0.621. The van der Waals surface area contributed by atoms with Gasteiger partial charge in [-0.1, -0.05) is 6.08 Å². The summed E-state index contributed by atoms with van der Waals surface area (Å²) in [4.78, 5) is 29.7. The maximum atomic E-state index is 11.9. The van der Waals surface area contributed by atoms with Crippen LogP contribution in [0.2, 0.25) is 0 Å². The summed E-state index contributed by atoms with van der Waals surface area (Å²) in [6, 6.07) is -0.401. The minimum atomic E-state index is -0.401. The lowest BCUT2D eigenvalue weighted by Crippen LogP contribution is -2.45. The van der Waals surface area contributed by atoms with Gasteiger partial charge in [-0.2, -0.15) is 0 Å². The van der Waals surface area contributed by atoms with Gasteiger partial charge in [0.2, 0.25) is 5.91 Å². The quantitative estimate of drug-likeness (QED) is 0.567. The second-order valence-corrected chi connectivity index (χ2v) is 3.80. The number of hydrogen-bond acceptors (Lipinski definition) is 3. The lowest BCUT2D eigenvalue weighted by molar-refractivity contribution is -0.141. The highest BCUT2D eigenvalue weighted by molar-refractivity contribution is 5.96. The number of hydrogen-bond donors (Lipinski definition) is 1. The molecule has 2 amide bonds. The number of nitrogens with one attached hydrogen (secondary N) is 1. The topological polar surface area (TPSA) is 58.6 Å². The van der Waals surface area contributed by atoms with E-state index >= 15 is 0 Å². The van der Waals surface area contributed by atoms with Gasteiger partial charge in [0.1, 0.15) is 6.04 Å². The van der Waals surface area contributed by atoms with Crippen LogP contribution in [0.1, 0.15) is 26.7 Å². The van der Waals surface area contributed by atoms with Crippen LogP contribution >= 0.6 is 0 Å². The normalized spacial score (nSPS) is 21.1. The Morgan fingerprint density at radius 1 is 1.50 bits per heavy atom. The van der Waals surface area contributed by atoms with Crippen molar-refractivity contribution < 1.29 is 14.4 Å². The Morgan fingerprint density at radius 3 is 2.75 bits per heavy atom. The molecular formula is C11H18N2O3. The van der Waals surface area contributed by atoms with Gasteiger partial charge >= 0.3 is 0 Å². The van der Waals surface area contributed by atoms with Crippen LogP contribution in [0.25, 0.3) is 0 Å². The number of likely N-dealkylation sites (tertiary alicyclic amines) is 1. The van der Waals surface area contributed by atoms with E-state index < -0.39 is 6.04 Å². The Morgan fingerprint density at radius 2 is 2.19 bits per heavy atom. The molecule has 0 radical (unpaired) electrons. The molecule has 16 heavy (non-hydrogen) atoms. The second-order valence-electron chi connectivity index (χ2n) is 3.80. The number of rotatable bonds is 3. The number of amides is 2. The van der Waals surface area contributed by atoms with Crippen molar-refractivity contribution in [3.8, 4) is 0 Å². The molecule has 1 rings (SSSR count). The van der Waals surface area contributed by atoms with E-state index in [2.05, 4.69) is 10.3 Å². The number of carbonyl (C=O) groups excluding carboxylic acids is 2. The fraction of sp³-hybridized carbons (Fsp3) is 0.636. The number of allylic oxidation sites excluding steroid dienone is 1. The van der Waals surface area contributed by atoms with Crippen LogP contribution in [0.3, 0.4) is 0 Å². The lowest BCUT2D eigenvalue weighted by Gasteiger charge is -2.23. The predicted molar refractivity (Wildman–Crippen MR) is 59.3 cm³/mol. The maximum Gasteiger partial charge on any atom is 0.266 e. The molecule has 1 heterocycles. The molecule has 0 saturated carbocycles. The standard InChI is InChI=1S/C11H18N2O3/c1-4-8(2)11(15)13-7-5-6-9(13)10(14)12-16-3/h4,9H,5-7H2,1-3H3,(H,12,14)/b8-4+/t9-/m0/s1. The highest BCUT2D eigenvalue weighted by atomic mass is 16.6. The number of nitrogens with zero attached hydrogens (tertiary/aromatic N) is 1. The minimum absolute atomic E-state index is 0.0729. The molecule has 5 heteroatoms. The molecule has 1 aliphatic rings. The molecule has 1 N–H and O–H groups in total. The van der Waals surface area contributed by atoms with Crippen LogP contribution in [0.4, 0.5) is 0 Å². The van der Waals surface area contributed by atoms with Crippen molar-refractivity contribution >= 4 is 11.8 Å². The summed E-state index contributed by atoms with van der Waals surface area (Å²) in [5.74, 6) is -0.325. The molecule has 1 fully saturated rings. The molecule has 0 aromatic heterocycles. The van der Waals surface area contributed by atoms with Crippen LogP contribution in [0.15, 0.2) is 11.6 Å². The van der Waals surface area contributed by atoms with E-state index in [-0.39, 0.29) is 11.8 Å². The van der Waals surface area contributed by atoms with Gasteiger partial charge in [0.05, 0.1) is 7.11 Å². The third kappa shape index (κ3) is 2.61. The highest BCUT2D eigenvalue weighted by Crippen LogP contribution is 2.19. The second kappa shape index (κ2) is 5.65. The first-order valence-electron chi connectivity index (χ1n) is 5.38. The van der Waals surface area contributed by atoms with Gasteiger partial charge in [0, 0.05) is 12.1 Å². The largest absolute Gasteiger partial charge is 0.327 e. The highest BCUT2D eigenvalue weighted by Gasteiger charge is 2.34. The van der Waals surface area contributed by atoms with E-state index in [4.69, 9.17) is 0 Å². The maximum absolute atomic E-state index is 11.9. The van der Waals surface area contributed by atoms with Crippen molar-refractivity contribution in [3.63, 3.8) is 0 Å². The van der Waals surface area contributed by atoms with Crippen molar-refractivity contribution in [1.82, 2.24) is 10.4 Å². The Kier molecular flexibility index (Phi) is 4.49. The number of hydroxylamine groups is 1. The first-order valence-corrected chi connectivity index (χ1v) is 5.38. The molecule has 1 saturated heterocycles. The molecule has 5 nitrogen and oxygen atoms in total. The molecule has 1 atom stereocenters. The van der Waals surface area contributed by atoms with Crippen LogP contribution in [0, 0.1) is 0 Å². The zero-order chi connectivity index (χ0) is 12.1. The molecule has 0 aromatic rings. The Labute approximate surface area is 95.4 Å². The first kappa shape index (κ1) is 12.7. The van der Waals surface area contributed by atoms with Gasteiger partial charge in [0.15, 0.2) is 0 Å². The molecule has 0 unspecified atom stereocenters. The summed E-state index contributed by atoms with van der Waals surface area (Å²) in [5, 5.41) is 0. The molecule has 0 aromatic carbocycles. The molecule has 0 spiro atoms. The summed E-state index contributed by atoms with van der Waals surface area (Å²) in [6.07, 6.45) is 3.30. The van der Waals surface area contributed by atoms with Crippen molar-refractivity contribution in [2.75, 3.05) is 13.7 Å². The fourth-order valence-electron chi connectivity index (χ4n) is 1.80. The molecule has 0 aliphatic carbocycles. The van der Waals surface area contributed by atoms with Crippen LogP contribution < -0.4 is 5.48 Å². The molecule has 0 bridgehead atoms. The first-order chi connectivity index (χ1) is 7.61. The summed E-state index contributed by atoms with van der Waals surface area (Å²) in [5.41, 5.74) is 2.94. The van der Waals surface area contributed by atoms with Gasteiger partial charge in [-0.05, 0) is 26.7 Å². The van der Waals surface area contributed by atoms with Crippen molar-refractivity contribution in [2.24, 2.45) is 0 Å². The van der Waals surface area contributed by atoms with E-state index in [1.54, 1.807) is 17.9 Å². The van der Waals surface area contributed by atoms with E-state index in [9.17, 15) is 9.59 Å². The van der Waals surface area contributed by atoms with Gasteiger partial charge < -0.3 is 4.90 Å². The third-order valence-electron chi connectivity index (χ3n) is 2.79. The molecule has 1 aliphatic heterocycles. The lowest BCUT2D eigenvalue weighted by atomic mass is 10.2. The average Bonchev–Trinajstić information content (AvgIpc) is 2.76. The number of carbonyl (C=O) groups is 2.